The number of fused-ring (bicyclic) bond motifs is 1. The van der Waals surface area contributed by atoms with Gasteiger partial charge in [-0.05, 0) is 63.2 Å². The van der Waals surface area contributed by atoms with Crippen molar-refractivity contribution < 1.29 is 8.42 Å². The lowest BCUT2D eigenvalue weighted by Gasteiger charge is -2.24. The van der Waals surface area contributed by atoms with Gasteiger partial charge >= 0.3 is 5.69 Å². The number of nitrogens with two attached hydrogens (primary N) is 1. The van der Waals surface area contributed by atoms with Crippen LogP contribution in [-0.4, -0.2) is 24.6 Å². The Bertz CT molecular complexity index is 1640. The highest BCUT2D eigenvalue weighted by molar-refractivity contribution is 7.92. The second-order valence-electron chi connectivity index (χ2n) is 9.37. The van der Waals surface area contributed by atoms with Gasteiger partial charge in [-0.1, -0.05) is 39.0 Å². The van der Waals surface area contributed by atoms with Crippen LogP contribution in [0.2, 0.25) is 0 Å². The number of aromatic nitrogens is 2. The van der Waals surface area contributed by atoms with Crippen LogP contribution in [0.1, 0.15) is 26.3 Å². The fourth-order valence-electron chi connectivity index (χ4n) is 3.98. The van der Waals surface area contributed by atoms with Crippen LogP contribution in [0.3, 0.4) is 0 Å². The second-order valence-corrected chi connectivity index (χ2v) is 11.1. The van der Waals surface area contributed by atoms with Crippen molar-refractivity contribution in [3.05, 3.63) is 81.1 Å². The molecule has 34 heavy (non-hydrogen) atoms. The zero-order valence-electron chi connectivity index (χ0n) is 19.3. The molecule has 5 N–H and O–H groups in total. The van der Waals surface area contributed by atoms with Crippen molar-refractivity contribution in [1.29, 1.82) is 0 Å². The number of benzene rings is 3. The van der Waals surface area contributed by atoms with E-state index in [1.807, 2.05) is 57.2 Å². The molecule has 1 aromatic heterocycles. The molecule has 3 aromatic carbocycles. The molecule has 4 rings (SSSR count). The normalized spacial score (nSPS) is 12.1. The summed E-state index contributed by atoms with van der Waals surface area (Å²) in [5.41, 5.74) is 9.82. The van der Waals surface area contributed by atoms with Gasteiger partial charge in [0.15, 0.2) is 0 Å². The molecule has 0 aliphatic carbocycles. The summed E-state index contributed by atoms with van der Waals surface area (Å²) in [5, 5.41) is 1.76. The molecule has 0 aliphatic rings. The number of hydrogen-bond acceptors (Lipinski definition) is 5. The number of sulfonamides is 1. The highest BCUT2D eigenvalue weighted by Crippen LogP contribution is 2.39. The third-order valence-corrected chi connectivity index (χ3v) is 6.18. The predicted octanol–water partition coefficient (Wildman–Crippen LogP) is 3.80. The van der Waals surface area contributed by atoms with Gasteiger partial charge in [0.2, 0.25) is 10.0 Å². The quantitative estimate of drug-likeness (QED) is 0.331. The molecule has 4 aromatic rings. The SMILES string of the molecule is CC(C)(C)c1cc(-c2c[nH]c(=O)[nH]c2=O)cc(-c2ccc3cc(NS(C)(=O)=O)ccc3c2)c1N. The zero-order valence-corrected chi connectivity index (χ0v) is 20.1. The predicted molar refractivity (Wildman–Crippen MR) is 138 cm³/mol. The van der Waals surface area contributed by atoms with Crippen LogP contribution in [0.4, 0.5) is 11.4 Å². The first-order chi connectivity index (χ1) is 15.8. The Hall–Kier alpha value is -3.85. The molecule has 0 saturated carbocycles. The highest BCUT2D eigenvalue weighted by atomic mass is 32.2. The largest absolute Gasteiger partial charge is 0.398 e. The van der Waals surface area contributed by atoms with E-state index >= 15 is 0 Å². The van der Waals surface area contributed by atoms with Crippen LogP contribution >= 0.6 is 0 Å². The minimum atomic E-state index is -3.38. The molecule has 1 heterocycles. The molecular formula is C25H26N4O4S. The first-order valence-electron chi connectivity index (χ1n) is 10.6. The van der Waals surface area contributed by atoms with Crippen LogP contribution in [0.5, 0.6) is 0 Å². The number of anilines is 2. The maximum Gasteiger partial charge on any atom is 0.325 e. The smallest absolute Gasteiger partial charge is 0.325 e. The van der Waals surface area contributed by atoms with Gasteiger partial charge in [-0.2, -0.15) is 0 Å². The van der Waals surface area contributed by atoms with Crippen molar-refractivity contribution in [2.24, 2.45) is 0 Å². The van der Waals surface area contributed by atoms with Gasteiger partial charge in [-0.15, -0.1) is 0 Å². The molecule has 0 fully saturated rings. The van der Waals surface area contributed by atoms with Gasteiger partial charge in [0.25, 0.3) is 5.56 Å². The van der Waals surface area contributed by atoms with E-state index in [9.17, 15) is 18.0 Å². The molecule has 9 heteroatoms. The Kier molecular flexibility index (Phi) is 5.61. The maximum absolute atomic E-state index is 12.5. The van der Waals surface area contributed by atoms with E-state index in [-0.39, 0.29) is 5.41 Å². The lowest BCUT2D eigenvalue weighted by atomic mass is 9.81. The number of rotatable bonds is 4. The fraction of sp³-hybridized carbons (Fsp3) is 0.200. The first kappa shape index (κ1) is 23.3. The third kappa shape index (κ3) is 4.74. The molecule has 8 nitrogen and oxygen atoms in total. The minimum Gasteiger partial charge on any atom is -0.398 e. The number of nitrogens with one attached hydrogen (secondary N) is 3. The summed E-state index contributed by atoms with van der Waals surface area (Å²) >= 11 is 0. The summed E-state index contributed by atoms with van der Waals surface area (Å²) in [6, 6.07) is 14.8. The molecule has 0 spiro atoms. The Balaban J connectivity index is 1.91. The molecule has 0 amide bonds. The summed E-state index contributed by atoms with van der Waals surface area (Å²) in [6.45, 7) is 6.13. The average Bonchev–Trinajstić information content (AvgIpc) is 2.72. The van der Waals surface area contributed by atoms with Crippen molar-refractivity contribution in [2.75, 3.05) is 16.7 Å². The Morgan fingerprint density at radius 1 is 0.882 bits per heavy atom. The Labute approximate surface area is 196 Å². The summed E-state index contributed by atoms with van der Waals surface area (Å²) in [6.07, 6.45) is 2.51. The van der Waals surface area contributed by atoms with Gasteiger partial charge in [0.05, 0.1) is 11.8 Å². The number of H-pyrrole nitrogens is 2. The van der Waals surface area contributed by atoms with E-state index < -0.39 is 21.3 Å². The number of aromatic amines is 2. The lowest BCUT2D eigenvalue weighted by molar-refractivity contribution is 0.593. The van der Waals surface area contributed by atoms with Crippen molar-refractivity contribution in [3.63, 3.8) is 0 Å². The van der Waals surface area contributed by atoms with Gasteiger partial charge < -0.3 is 10.7 Å². The van der Waals surface area contributed by atoms with Crippen LogP contribution in [-0.2, 0) is 15.4 Å². The van der Waals surface area contributed by atoms with Crippen molar-refractivity contribution in [1.82, 2.24) is 9.97 Å². The maximum atomic E-state index is 12.5. The average molecular weight is 479 g/mol. The topological polar surface area (TPSA) is 138 Å². The fourth-order valence-corrected chi connectivity index (χ4v) is 4.54. The van der Waals surface area contributed by atoms with E-state index in [0.29, 0.717) is 22.5 Å². The zero-order chi connectivity index (χ0) is 24.8. The van der Waals surface area contributed by atoms with Gasteiger partial charge in [0.1, 0.15) is 0 Å². The van der Waals surface area contributed by atoms with Crippen LogP contribution < -0.4 is 21.7 Å². The van der Waals surface area contributed by atoms with E-state index in [0.717, 1.165) is 33.7 Å². The third-order valence-electron chi connectivity index (χ3n) is 5.57. The molecule has 0 unspecified atom stereocenters. The van der Waals surface area contributed by atoms with Gasteiger partial charge in [0, 0.05) is 23.1 Å². The molecule has 0 radical (unpaired) electrons. The molecule has 0 aliphatic heterocycles. The Morgan fingerprint density at radius 2 is 1.56 bits per heavy atom. The summed E-state index contributed by atoms with van der Waals surface area (Å²) in [4.78, 5) is 28.8. The molecule has 0 atom stereocenters. The van der Waals surface area contributed by atoms with Gasteiger partial charge in [-0.3, -0.25) is 14.5 Å². The van der Waals surface area contributed by atoms with E-state index in [1.54, 1.807) is 12.1 Å². The summed E-state index contributed by atoms with van der Waals surface area (Å²) < 4.78 is 25.6. The van der Waals surface area contributed by atoms with Gasteiger partial charge in [-0.25, -0.2) is 13.2 Å². The summed E-state index contributed by atoms with van der Waals surface area (Å²) in [7, 11) is -3.38. The first-order valence-corrected chi connectivity index (χ1v) is 12.5. The minimum absolute atomic E-state index is 0.299. The number of hydrogen-bond donors (Lipinski definition) is 4. The van der Waals surface area contributed by atoms with Crippen LogP contribution in [0.25, 0.3) is 33.0 Å². The van der Waals surface area contributed by atoms with Crippen LogP contribution in [0.15, 0.2) is 64.3 Å². The standard InChI is InChI=1S/C25H26N4O4S/c1-25(2,3)21-12-17(20-13-27-24(31)28-23(20)30)11-19(22(21)26)16-6-5-15-10-18(29-34(4,32)33)8-7-14(15)9-16/h5-13,29H,26H2,1-4H3,(H2,27,28,30,31). The molecule has 0 bridgehead atoms. The number of nitrogen functional groups attached to an aromatic ring is 1. The van der Waals surface area contributed by atoms with Crippen molar-refractivity contribution in [3.8, 4) is 22.3 Å². The second kappa shape index (κ2) is 8.18. The van der Waals surface area contributed by atoms with Crippen LogP contribution in [0, 0.1) is 0 Å². The van der Waals surface area contributed by atoms with E-state index in [4.69, 9.17) is 5.73 Å². The molecule has 176 valence electrons. The lowest BCUT2D eigenvalue weighted by Crippen LogP contribution is -2.23. The van der Waals surface area contributed by atoms with Crippen molar-refractivity contribution in [2.45, 2.75) is 26.2 Å². The van der Waals surface area contributed by atoms with E-state index in [1.165, 1.54) is 6.20 Å². The molecular weight excluding hydrogens is 452 g/mol. The Morgan fingerprint density at radius 3 is 2.21 bits per heavy atom. The highest BCUT2D eigenvalue weighted by Gasteiger charge is 2.22. The van der Waals surface area contributed by atoms with E-state index in [2.05, 4.69) is 14.7 Å². The van der Waals surface area contributed by atoms with Crippen molar-refractivity contribution >= 4 is 32.2 Å². The monoisotopic (exact) mass is 478 g/mol. The molecule has 0 saturated heterocycles. The summed E-state index contributed by atoms with van der Waals surface area (Å²) in [5.74, 6) is 0.